The molecular weight excluding hydrogens is 576 g/mol. The van der Waals surface area contributed by atoms with Crippen molar-refractivity contribution in [1.82, 2.24) is 0 Å². The third-order valence-corrected chi connectivity index (χ3v) is 11.4. The molecule has 1 heterocycles. The van der Waals surface area contributed by atoms with Crippen molar-refractivity contribution >= 4 is 12.3 Å². The SMILES string of the molecule is CC(C)=CCC[C@@H](C)[C@H]1C2=C([C@H]3C[C@H]3[C@H](C)C[C@H]1O)[C@H]([C@H](O)[C@@H]1/C(C=O)=C\C/C=C(\C)C[C@@H](O)[C@H]1[C@H](C)CCC=C(C)C)OC2=O. The zero-order valence-corrected chi connectivity index (χ0v) is 29.5. The molecule has 6 nitrogen and oxygen atoms in total. The second kappa shape index (κ2) is 15.7. The molecule has 1 fully saturated rings. The normalized spacial score (nSPS) is 37.1. The predicted molar refractivity (Wildman–Crippen MR) is 184 cm³/mol. The minimum atomic E-state index is -1.20. The first-order valence-corrected chi connectivity index (χ1v) is 17.8. The van der Waals surface area contributed by atoms with E-state index in [4.69, 9.17) is 4.74 Å². The standard InChI is InChI=1S/C40H60O6/c1-22(2)12-9-15-25(6)33-31(42)18-24(5)14-11-17-28(21-41)35(33)38(44)39-36-30-20-29(30)27(8)19-32(43)34(37(36)40(45)46-39)26(7)16-10-13-23(3)4/h12-14,17,21,25-27,29-35,38-39,42-44H,9-11,15-16,18-20H2,1-8H3/b24-14+,28-17-/t25-,26-,27-,29+,30+,31-,32-,33-,34-,35-,38-,39-/m1/s1. The summed E-state index contributed by atoms with van der Waals surface area (Å²) in [5, 5.41) is 35.9. The second-order valence-corrected chi connectivity index (χ2v) is 15.7. The number of carbonyl (C=O) groups excluding carboxylic acids is 2. The summed E-state index contributed by atoms with van der Waals surface area (Å²) < 4.78 is 6.20. The van der Waals surface area contributed by atoms with E-state index in [2.05, 4.69) is 60.6 Å². The van der Waals surface area contributed by atoms with Crippen LogP contribution in [-0.4, -0.2) is 52.0 Å². The zero-order chi connectivity index (χ0) is 33.9. The first-order chi connectivity index (χ1) is 21.8. The molecule has 0 aromatic heterocycles. The fraction of sp³-hybridized carbons (Fsp3) is 0.700. The molecule has 3 aliphatic carbocycles. The van der Waals surface area contributed by atoms with Gasteiger partial charge in [0.2, 0.25) is 0 Å². The van der Waals surface area contributed by atoms with Gasteiger partial charge in [-0.1, -0.05) is 61.8 Å². The Balaban J connectivity index is 1.79. The molecule has 6 heteroatoms. The van der Waals surface area contributed by atoms with Crippen LogP contribution in [0.25, 0.3) is 0 Å². The van der Waals surface area contributed by atoms with Crippen LogP contribution in [0.5, 0.6) is 0 Å². The number of aldehydes is 1. The first-order valence-electron chi connectivity index (χ1n) is 17.8. The van der Waals surface area contributed by atoms with E-state index in [9.17, 15) is 24.9 Å². The highest BCUT2D eigenvalue weighted by molar-refractivity contribution is 5.93. The Bertz CT molecular complexity index is 1260. The predicted octanol–water partition coefficient (Wildman–Crippen LogP) is 7.45. The average Bonchev–Trinajstić information content (AvgIpc) is 3.68. The summed E-state index contributed by atoms with van der Waals surface area (Å²) in [5.74, 6) is -1.22. The minimum Gasteiger partial charge on any atom is -0.452 e. The van der Waals surface area contributed by atoms with Crippen molar-refractivity contribution < 1.29 is 29.6 Å². The molecule has 1 aliphatic heterocycles. The second-order valence-electron chi connectivity index (χ2n) is 15.7. The Morgan fingerprint density at radius 2 is 1.59 bits per heavy atom. The van der Waals surface area contributed by atoms with Crippen LogP contribution >= 0.6 is 0 Å². The molecule has 46 heavy (non-hydrogen) atoms. The van der Waals surface area contributed by atoms with Gasteiger partial charge in [-0.25, -0.2) is 4.79 Å². The molecule has 1 saturated carbocycles. The molecule has 0 aromatic carbocycles. The van der Waals surface area contributed by atoms with E-state index in [0.29, 0.717) is 36.3 Å². The third kappa shape index (κ3) is 8.22. The number of allylic oxidation sites excluding steroid dienone is 6. The molecule has 4 rings (SSSR count). The summed E-state index contributed by atoms with van der Waals surface area (Å²) in [6.45, 7) is 16.7. The fourth-order valence-corrected chi connectivity index (χ4v) is 8.92. The van der Waals surface area contributed by atoms with Gasteiger partial charge in [-0.15, -0.1) is 0 Å². The minimum absolute atomic E-state index is 0.0132. The number of hydrogen-bond donors (Lipinski definition) is 3. The lowest BCUT2D eigenvalue weighted by atomic mass is 9.67. The number of carbonyl (C=O) groups is 2. The summed E-state index contributed by atoms with van der Waals surface area (Å²) in [5.41, 5.74) is 5.39. The Labute approximate surface area is 277 Å². The topological polar surface area (TPSA) is 104 Å². The van der Waals surface area contributed by atoms with E-state index < -0.39 is 42.2 Å². The number of hydrogen-bond acceptors (Lipinski definition) is 6. The van der Waals surface area contributed by atoms with Crippen LogP contribution in [0.4, 0.5) is 0 Å². The van der Waals surface area contributed by atoms with Crippen LogP contribution in [0.1, 0.15) is 107 Å². The van der Waals surface area contributed by atoms with Crippen LogP contribution in [0.3, 0.4) is 0 Å². The molecule has 3 N–H and O–H groups in total. The molecule has 256 valence electrons. The van der Waals surface area contributed by atoms with E-state index in [1.165, 1.54) is 11.1 Å². The lowest BCUT2D eigenvalue weighted by molar-refractivity contribution is -0.148. The molecule has 0 amide bonds. The van der Waals surface area contributed by atoms with Gasteiger partial charge in [0.25, 0.3) is 0 Å². The number of ether oxygens (including phenoxy) is 1. The number of rotatable bonds is 11. The average molecular weight is 637 g/mol. The summed E-state index contributed by atoms with van der Waals surface area (Å²) in [6.07, 6.45) is 11.4. The van der Waals surface area contributed by atoms with Crippen LogP contribution in [0, 0.1) is 47.3 Å². The van der Waals surface area contributed by atoms with Gasteiger partial charge in [-0.3, -0.25) is 4.79 Å². The molecule has 0 bridgehead atoms. The number of esters is 1. The van der Waals surface area contributed by atoms with Gasteiger partial charge in [-0.2, -0.15) is 0 Å². The maximum absolute atomic E-state index is 14.0. The van der Waals surface area contributed by atoms with E-state index in [1.807, 2.05) is 19.1 Å². The highest BCUT2D eigenvalue weighted by atomic mass is 16.6. The van der Waals surface area contributed by atoms with Gasteiger partial charge in [0.15, 0.2) is 6.10 Å². The fourth-order valence-electron chi connectivity index (χ4n) is 8.92. The number of aliphatic hydroxyl groups is 3. The van der Waals surface area contributed by atoms with E-state index >= 15 is 0 Å². The Hall–Kier alpha value is -2.28. The number of aliphatic hydroxyl groups excluding tert-OH is 3. The van der Waals surface area contributed by atoms with Gasteiger partial charge in [0.1, 0.15) is 12.4 Å². The van der Waals surface area contributed by atoms with Crippen molar-refractivity contribution in [2.45, 2.75) is 131 Å². The highest BCUT2D eigenvalue weighted by Gasteiger charge is 2.58. The van der Waals surface area contributed by atoms with Gasteiger partial charge in [0.05, 0.1) is 12.2 Å². The van der Waals surface area contributed by atoms with Crippen molar-refractivity contribution in [1.29, 1.82) is 0 Å². The molecule has 0 radical (unpaired) electrons. The van der Waals surface area contributed by atoms with Gasteiger partial charge < -0.3 is 20.1 Å². The first kappa shape index (κ1) is 36.6. The van der Waals surface area contributed by atoms with E-state index in [0.717, 1.165) is 49.5 Å². The molecular formula is C40H60O6. The molecule has 4 aliphatic rings. The lowest BCUT2D eigenvalue weighted by Gasteiger charge is -2.40. The van der Waals surface area contributed by atoms with Crippen LogP contribution in [0.15, 0.2) is 57.7 Å². The lowest BCUT2D eigenvalue weighted by Crippen LogP contribution is -2.46. The zero-order valence-electron chi connectivity index (χ0n) is 29.5. The summed E-state index contributed by atoms with van der Waals surface area (Å²) in [6, 6.07) is 0. The number of fused-ring (bicyclic) bond motifs is 2. The van der Waals surface area contributed by atoms with E-state index in [1.54, 1.807) is 0 Å². The van der Waals surface area contributed by atoms with Gasteiger partial charge >= 0.3 is 5.97 Å². The van der Waals surface area contributed by atoms with Gasteiger partial charge in [-0.05, 0) is 133 Å². The molecule has 0 saturated heterocycles. The Kier molecular flexibility index (Phi) is 12.5. The Morgan fingerprint density at radius 3 is 2.20 bits per heavy atom. The van der Waals surface area contributed by atoms with E-state index in [-0.39, 0.29) is 29.6 Å². The summed E-state index contributed by atoms with van der Waals surface area (Å²) >= 11 is 0. The molecule has 0 spiro atoms. The quantitative estimate of drug-likeness (QED) is 0.124. The number of cyclic esters (lactones) is 1. The Morgan fingerprint density at radius 1 is 0.957 bits per heavy atom. The van der Waals surface area contributed by atoms with Crippen LogP contribution in [0.2, 0.25) is 0 Å². The van der Waals surface area contributed by atoms with Crippen LogP contribution < -0.4 is 0 Å². The molecule has 12 atom stereocenters. The highest BCUT2D eigenvalue weighted by Crippen LogP contribution is 2.58. The third-order valence-electron chi connectivity index (χ3n) is 11.4. The van der Waals surface area contributed by atoms with Gasteiger partial charge in [0, 0.05) is 17.4 Å². The van der Waals surface area contributed by atoms with Crippen molar-refractivity contribution in [3.63, 3.8) is 0 Å². The van der Waals surface area contributed by atoms with Crippen molar-refractivity contribution in [2.24, 2.45) is 47.3 Å². The van der Waals surface area contributed by atoms with Crippen LogP contribution in [-0.2, 0) is 14.3 Å². The van der Waals surface area contributed by atoms with Crippen molar-refractivity contribution in [3.8, 4) is 0 Å². The largest absolute Gasteiger partial charge is 0.452 e. The molecule has 0 unspecified atom stereocenters. The molecule has 0 aromatic rings. The summed E-state index contributed by atoms with van der Waals surface area (Å²) in [7, 11) is 0. The maximum atomic E-state index is 14.0. The maximum Gasteiger partial charge on any atom is 0.335 e. The van der Waals surface area contributed by atoms with Crippen molar-refractivity contribution in [3.05, 3.63) is 57.7 Å². The monoisotopic (exact) mass is 636 g/mol. The van der Waals surface area contributed by atoms with Crippen molar-refractivity contribution in [2.75, 3.05) is 0 Å². The summed E-state index contributed by atoms with van der Waals surface area (Å²) in [4.78, 5) is 26.7. The smallest absolute Gasteiger partial charge is 0.335 e.